The van der Waals surface area contributed by atoms with Crippen LogP contribution in [0.3, 0.4) is 0 Å². The van der Waals surface area contributed by atoms with Gasteiger partial charge in [0.1, 0.15) is 0 Å². The molecule has 0 atom stereocenters. The van der Waals surface area contributed by atoms with Gasteiger partial charge in [-0.15, -0.1) is 0 Å². The molecular formula is C29H29N3OS. The highest BCUT2D eigenvalue weighted by Crippen LogP contribution is 2.36. The monoisotopic (exact) mass is 467 g/mol. The number of nitrogens with zero attached hydrogens (tertiary/aromatic N) is 2. The lowest BCUT2D eigenvalue weighted by atomic mass is 10.0. The van der Waals surface area contributed by atoms with Crippen LogP contribution in [0.5, 0.6) is 0 Å². The number of hydrogen-bond donors (Lipinski definition) is 1. The summed E-state index contributed by atoms with van der Waals surface area (Å²) in [4.78, 5) is 17.3. The summed E-state index contributed by atoms with van der Waals surface area (Å²) >= 11 is 1.68. The van der Waals surface area contributed by atoms with E-state index in [0.717, 1.165) is 52.0 Å². The Morgan fingerprint density at radius 1 is 0.912 bits per heavy atom. The molecule has 0 bridgehead atoms. The van der Waals surface area contributed by atoms with Gasteiger partial charge in [0.25, 0.3) is 0 Å². The zero-order chi connectivity index (χ0) is 23.6. The molecule has 0 unspecified atom stereocenters. The van der Waals surface area contributed by atoms with E-state index in [0.29, 0.717) is 6.54 Å². The maximum Gasteiger partial charge on any atom is 0.244 e. The fraction of sp³-hybridized carbons (Fsp3) is 0.172. The van der Waals surface area contributed by atoms with Gasteiger partial charge in [0.15, 0.2) is 5.16 Å². The summed E-state index contributed by atoms with van der Waals surface area (Å²) in [6.07, 6.45) is 4.42. The number of hydrogen-bond acceptors (Lipinski definition) is 3. The van der Waals surface area contributed by atoms with Crippen molar-refractivity contribution in [1.82, 2.24) is 14.9 Å². The molecule has 5 heteroatoms. The van der Waals surface area contributed by atoms with Crippen LogP contribution >= 0.6 is 11.8 Å². The molecule has 0 radical (unpaired) electrons. The number of rotatable bonds is 10. The number of imidazole rings is 1. The fourth-order valence-electron chi connectivity index (χ4n) is 3.77. The Kier molecular flexibility index (Phi) is 8.36. The molecule has 0 saturated heterocycles. The van der Waals surface area contributed by atoms with Crippen molar-refractivity contribution in [3.8, 4) is 22.5 Å². The number of carbonyl (C=O) groups excluding carboxylic acids is 1. The van der Waals surface area contributed by atoms with E-state index in [-0.39, 0.29) is 5.91 Å². The summed E-state index contributed by atoms with van der Waals surface area (Å²) in [5.74, 6) is 0.657. The van der Waals surface area contributed by atoms with E-state index >= 15 is 0 Å². The molecular weight excluding hydrogens is 438 g/mol. The van der Waals surface area contributed by atoms with Gasteiger partial charge in [-0.05, 0) is 18.1 Å². The summed E-state index contributed by atoms with van der Waals surface area (Å²) < 4.78 is 2.32. The summed E-state index contributed by atoms with van der Waals surface area (Å²) in [5.41, 5.74) is 5.42. The number of nitrogens with one attached hydrogen (secondary N) is 1. The predicted octanol–water partition coefficient (Wildman–Crippen LogP) is 6.55. The average molecular weight is 468 g/mol. The number of thioether (sulfide) groups is 1. The summed E-state index contributed by atoms with van der Waals surface area (Å²) in [5, 5.41) is 3.96. The molecule has 0 fully saturated rings. The Morgan fingerprint density at radius 3 is 2.18 bits per heavy atom. The highest BCUT2D eigenvalue weighted by Gasteiger charge is 2.19. The van der Waals surface area contributed by atoms with Crippen LogP contribution in [0.25, 0.3) is 28.6 Å². The van der Waals surface area contributed by atoms with Crippen molar-refractivity contribution in [2.45, 2.75) is 25.0 Å². The molecule has 4 nitrogen and oxygen atoms in total. The predicted molar refractivity (Wildman–Crippen MR) is 143 cm³/mol. The first kappa shape index (κ1) is 23.6. The van der Waals surface area contributed by atoms with Crippen molar-refractivity contribution in [1.29, 1.82) is 0 Å². The summed E-state index contributed by atoms with van der Waals surface area (Å²) in [6, 6.07) is 30.6. The first-order valence-electron chi connectivity index (χ1n) is 11.6. The van der Waals surface area contributed by atoms with Crippen molar-refractivity contribution < 1.29 is 4.79 Å². The van der Waals surface area contributed by atoms with Gasteiger partial charge >= 0.3 is 0 Å². The van der Waals surface area contributed by atoms with Gasteiger partial charge in [0.05, 0.1) is 11.4 Å². The maximum atomic E-state index is 12.2. The fourth-order valence-corrected chi connectivity index (χ4v) is 4.65. The molecule has 4 aromatic rings. The third-order valence-corrected chi connectivity index (χ3v) is 6.31. The standard InChI is InChI=1S/C29H29N3OS/c1-2-21-32-28(25-16-10-5-11-17-25)27(24-14-8-4-9-15-24)31-29(32)34-22-20-30-26(33)19-18-23-12-6-3-7-13-23/h3-19H,2,20-22H2,1H3,(H,30,33)/b19-18+. The molecule has 0 aliphatic rings. The second-order valence-corrected chi connectivity index (χ2v) is 8.92. The zero-order valence-electron chi connectivity index (χ0n) is 19.4. The molecule has 0 aliphatic carbocycles. The Morgan fingerprint density at radius 2 is 1.53 bits per heavy atom. The van der Waals surface area contributed by atoms with Gasteiger partial charge in [0.2, 0.25) is 5.91 Å². The first-order valence-corrected chi connectivity index (χ1v) is 12.6. The lowest BCUT2D eigenvalue weighted by molar-refractivity contribution is -0.116. The minimum atomic E-state index is -0.0868. The van der Waals surface area contributed by atoms with Crippen molar-refractivity contribution >= 4 is 23.7 Å². The Bertz CT molecular complexity index is 1220. The van der Waals surface area contributed by atoms with Gasteiger partial charge in [-0.1, -0.05) is 110 Å². The maximum absolute atomic E-state index is 12.2. The van der Waals surface area contributed by atoms with Crippen molar-refractivity contribution in [2.24, 2.45) is 0 Å². The van der Waals surface area contributed by atoms with E-state index in [1.165, 1.54) is 0 Å². The molecule has 172 valence electrons. The highest BCUT2D eigenvalue weighted by atomic mass is 32.2. The molecule has 3 aromatic carbocycles. The van der Waals surface area contributed by atoms with Crippen LogP contribution in [-0.4, -0.2) is 27.8 Å². The second kappa shape index (κ2) is 12.1. The second-order valence-electron chi connectivity index (χ2n) is 7.86. The molecule has 0 saturated carbocycles. The summed E-state index contributed by atoms with van der Waals surface area (Å²) in [7, 11) is 0. The third-order valence-electron chi connectivity index (χ3n) is 5.33. The highest BCUT2D eigenvalue weighted by molar-refractivity contribution is 7.99. The minimum Gasteiger partial charge on any atom is -0.352 e. The lowest BCUT2D eigenvalue weighted by Crippen LogP contribution is -2.23. The number of amides is 1. The van der Waals surface area contributed by atoms with Crippen LogP contribution in [0, 0.1) is 0 Å². The summed E-state index contributed by atoms with van der Waals surface area (Å²) in [6.45, 7) is 3.65. The van der Waals surface area contributed by atoms with Crippen LogP contribution < -0.4 is 5.32 Å². The van der Waals surface area contributed by atoms with Crippen LogP contribution in [0.1, 0.15) is 18.9 Å². The number of aromatic nitrogens is 2. The van der Waals surface area contributed by atoms with Gasteiger partial charge in [-0.3, -0.25) is 4.79 Å². The molecule has 1 heterocycles. The molecule has 1 amide bonds. The first-order chi connectivity index (χ1) is 16.8. The van der Waals surface area contributed by atoms with Crippen molar-refractivity contribution in [2.75, 3.05) is 12.3 Å². The Labute approximate surface area is 205 Å². The van der Waals surface area contributed by atoms with Crippen LogP contribution in [0.15, 0.2) is 102 Å². The van der Waals surface area contributed by atoms with Crippen molar-refractivity contribution in [3.63, 3.8) is 0 Å². The van der Waals surface area contributed by atoms with E-state index in [1.54, 1.807) is 17.8 Å². The molecule has 0 aliphatic heterocycles. The van der Waals surface area contributed by atoms with E-state index in [4.69, 9.17) is 4.98 Å². The van der Waals surface area contributed by atoms with Crippen molar-refractivity contribution in [3.05, 3.63) is 103 Å². The minimum absolute atomic E-state index is 0.0868. The largest absolute Gasteiger partial charge is 0.352 e. The molecule has 0 spiro atoms. The smallest absolute Gasteiger partial charge is 0.244 e. The molecule has 1 aromatic heterocycles. The third kappa shape index (κ3) is 6.06. The normalized spacial score (nSPS) is 11.1. The number of benzene rings is 3. The molecule has 4 rings (SSSR count). The zero-order valence-corrected chi connectivity index (χ0v) is 20.2. The van der Waals surface area contributed by atoms with Gasteiger partial charge in [-0.2, -0.15) is 0 Å². The van der Waals surface area contributed by atoms with E-state index < -0.39 is 0 Å². The lowest BCUT2D eigenvalue weighted by Gasteiger charge is -2.12. The van der Waals surface area contributed by atoms with Crippen LogP contribution in [0.4, 0.5) is 0 Å². The van der Waals surface area contributed by atoms with Gasteiger partial charge in [0, 0.05) is 36.0 Å². The average Bonchev–Trinajstić information content (AvgIpc) is 3.25. The van der Waals surface area contributed by atoms with Crippen LogP contribution in [0.2, 0.25) is 0 Å². The molecule has 34 heavy (non-hydrogen) atoms. The van der Waals surface area contributed by atoms with E-state index in [9.17, 15) is 4.79 Å². The Hall–Kier alpha value is -3.57. The number of carbonyl (C=O) groups is 1. The van der Waals surface area contributed by atoms with Crippen LogP contribution in [-0.2, 0) is 11.3 Å². The van der Waals surface area contributed by atoms with E-state index in [1.807, 2.05) is 60.7 Å². The SMILES string of the molecule is CCCn1c(SCCNC(=O)/C=C/c2ccccc2)nc(-c2ccccc2)c1-c1ccccc1. The Balaban J connectivity index is 1.50. The van der Waals surface area contributed by atoms with E-state index in [2.05, 4.69) is 53.2 Å². The van der Waals surface area contributed by atoms with Gasteiger partial charge in [-0.25, -0.2) is 4.98 Å². The quantitative estimate of drug-likeness (QED) is 0.163. The molecule has 1 N–H and O–H groups in total. The van der Waals surface area contributed by atoms with Gasteiger partial charge < -0.3 is 9.88 Å². The topological polar surface area (TPSA) is 46.9 Å².